The second kappa shape index (κ2) is 3.22. The molecule has 0 saturated heterocycles. The highest BCUT2D eigenvalue weighted by atomic mass is 32.1. The van der Waals surface area contributed by atoms with Crippen LogP contribution in [0.1, 0.15) is 26.7 Å². The maximum atomic E-state index is 5.59. The molecule has 0 radical (unpaired) electrons. The van der Waals surface area contributed by atoms with E-state index in [1.807, 2.05) is 13.8 Å². The topological polar surface area (TPSA) is 38.0 Å². The molecule has 2 nitrogen and oxygen atoms in total. The molecule has 11 heavy (non-hydrogen) atoms. The summed E-state index contributed by atoms with van der Waals surface area (Å²) in [5, 5.41) is 3.23. The summed E-state index contributed by atoms with van der Waals surface area (Å²) in [5.41, 5.74) is 7.40. The smallest absolute Gasteiger partial charge is 0.104 e. The molecule has 0 atom stereocenters. The van der Waals surface area contributed by atoms with E-state index in [9.17, 15) is 0 Å². The monoisotopic (exact) mass is 170 g/mol. The van der Waals surface area contributed by atoms with Crippen LogP contribution in [0.3, 0.4) is 0 Å². The number of nitrogens with one attached hydrogen (secondary N) is 1. The van der Waals surface area contributed by atoms with Crippen molar-refractivity contribution in [1.82, 2.24) is 5.32 Å². The Balaban J connectivity index is 2.45. The van der Waals surface area contributed by atoms with E-state index in [-0.39, 0.29) is 0 Å². The number of allylic oxidation sites excluding steroid dienone is 1. The molecule has 0 aromatic carbocycles. The number of hydrogen-bond acceptors (Lipinski definition) is 2. The summed E-state index contributed by atoms with van der Waals surface area (Å²) in [6.45, 7) is 3.82. The van der Waals surface area contributed by atoms with Gasteiger partial charge in [0.05, 0.1) is 0 Å². The highest BCUT2D eigenvalue weighted by Gasteiger charge is 2.22. The molecule has 0 aromatic heterocycles. The number of hydrogen-bond donors (Lipinski definition) is 2. The summed E-state index contributed by atoms with van der Waals surface area (Å²) in [7, 11) is 0. The highest BCUT2D eigenvalue weighted by molar-refractivity contribution is 7.80. The lowest BCUT2D eigenvalue weighted by Gasteiger charge is -2.07. The Bertz CT molecular complexity index is 200. The molecular weight excluding hydrogens is 156 g/mol. The van der Waals surface area contributed by atoms with Crippen LogP contribution in [0.4, 0.5) is 0 Å². The maximum absolute atomic E-state index is 5.59. The van der Waals surface area contributed by atoms with E-state index in [2.05, 4.69) is 5.32 Å². The minimum atomic E-state index is 0.622. The molecule has 1 rings (SSSR count). The largest absolute Gasteiger partial charge is 0.402 e. The Hall–Kier alpha value is -0.570. The van der Waals surface area contributed by atoms with Crippen LogP contribution in [0.5, 0.6) is 0 Å². The van der Waals surface area contributed by atoms with Gasteiger partial charge in [0.25, 0.3) is 0 Å². The lowest BCUT2D eigenvalue weighted by Crippen LogP contribution is -2.25. The Labute approximate surface area is 72.8 Å². The number of thiocarbonyl (C=S) groups is 1. The van der Waals surface area contributed by atoms with Crippen molar-refractivity contribution in [2.45, 2.75) is 32.7 Å². The van der Waals surface area contributed by atoms with Gasteiger partial charge in [0.2, 0.25) is 0 Å². The molecule has 0 amide bonds. The van der Waals surface area contributed by atoms with Gasteiger partial charge < -0.3 is 11.1 Å². The summed E-state index contributed by atoms with van der Waals surface area (Å²) in [6.07, 6.45) is 2.49. The predicted octanol–water partition coefficient (Wildman–Crippen LogP) is 1.32. The second-order valence-corrected chi connectivity index (χ2v) is 3.46. The molecule has 1 aliphatic rings. The second-order valence-electron chi connectivity index (χ2n) is 3.06. The maximum Gasteiger partial charge on any atom is 0.104 e. The third-order valence-corrected chi connectivity index (χ3v) is 2.27. The van der Waals surface area contributed by atoms with Crippen LogP contribution in [0.2, 0.25) is 0 Å². The molecule has 0 unspecified atom stereocenters. The van der Waals surface area contributed by atoms with E-state index in [0.29, 0.717) is 6.04 Å². The van der Waals surface area contributed by atoms with Gasteiger partial charge in [0.1, 0.15) is 4.99 Å². The van der Waals surface area contributed by atoms with Gasteiger partial charge in [0, 0.05) is 17.3 Å². The van der Waals surface area contributed by atoms with Crippen molar-refractivity contribution in [2.75, 3.05) is 0 Å². The van der Waals surface area contributed by atoms with Crippen LogP contribution in [0.25, 0.3) is 0 Å². The fourth-order valence-electron chi connectivity index (χ4n) is 0.700. The van der Waals surface area contributed by atoms with Gasteiger partial charge in [-0.25, -0.2) is 0 Å². The van der Waals surface area contributed by atoms with Crippen molar-refractivity contribution in [2.24, 2.45) is 5.73 Å². The predicted molar refractivity (Wildman–Crippen MR) is 51.3 cm³/mol. The van der Waals surface area contributed by atoms with Crippen molar-refractivity contribution in [1.29, 1.82) is 0 Å². The number of rotatable bonds is 2. The standard InChI is InChI=1S/C8H14N2S/c1-5(6(2)9)8(11)10-7-3-4-7/h7H,3-4,9H2,1-2H3,(H,10,11). The van der Waals surface area contributed by atoms with E-state index in [4.69, 9.17) is 18.0 Å². The van der Waals surface area contributed by atoms with Gasteiger partial charge in [-0.2, -0.15) is 0 Å². The normalized spacial score (nSPS) is 19.1. The average Bonchev–Trinajstić information content (AvgIpc) is 2.69. The number of nitrogens with two attached hydrogens (primary N) is 1. The van der Waals surface area contributed by atoms with Gasteiger partial charge in [-0.1, -0.05) is 12.2 Å². The summed E-state index contributed by atoms with van der Waals surface area (Å²) < 4.78 is 0. The van der Waals surface area contributed by atoms with Crippen molar-refractivity contribution in [3.05, 3.63) is 11.3 Å². The Morgan fingerprint density at radius 3 is 2.36 bits per heavy atom. The summed E-state index contributed by atoms with van der Waals surface area (Å²) in [6, 6.07) is 0.622. The van der Waals surface area contributed by atoms with Crippen LogP contribution < -0.4 is 11.1 Å². The van der Waals surface area contributed by atoms with Gasteiger partial charge in [-0.15, -0.1) is 0 Å². The molecule has 1 aliphatic carbocycles. The molecule has 0 spiro atoms. The van der Waals surface area contributed by atoms with E-state index in [0.717, 1.165) is 16.3 Å². The third-order valence-electron chi connectivity index (χ3n) is 1.84. The quantitative estimate of drug-likeness (QED) is 0.485. The van der Waals surface area contributed by atoms with E-state index in [1.165, 1.54) is 12.8 Å². The lowest BCUT2D eigenvalue weighted by atomic mass is 10.2. The molecule has 3 N–H and O–H groups in total. The first kappa shape index (κ1) is 8.53. The first-order valence-corrected chi connectivity index (χ1v) is 4.26. The van der Waals surface area contributed by atoms with Crippen LogP contribution in [-0.4, -0.2) is 11.0 Å². The lowest BCUT2D eigenvalue weighted by molar-refractivity contribution is 0.917. The average molecular weight is 170 g/mol. The zero-order chi connectivity index (χ0) is 8.43. The van der Waals surface area contributed by atoms with Crippen molar-refractivity contribution in [3.8, 4) is 0 Å². The molecule has 62 valence electrons. The molecule has 1 saturated carbocycles. The molecule has 3 heteroatoms. The van der Waals surface area contributed by atoms with Gasteiger partial charge in [-0.05, 0) is 26.7 Å². The molecule has 0 aromatic rings. The fraction of sp³-hybridized carbons (Fsp3) is 0.625. The summed E-state index contributed by atoms with van der Waals surface area (Å²) >= 11 is 5.12. The molecule has 0 aliphatic heterocycles. The van der Waals surface area contributed by atoms with E-state index in [1.54, 1.807) is 0 Å². The molecule has 0 bridgehead atoms. The van der Waals surface area contributed by atoms with Crippen LogP contribution in [0, 0.1) is 0 Å². The van der Waals surface area contributed by atoms with Gasteiger partial charge in [-0.3, -0.25) is 0 Å². The Kier molecular flexibility index (Phi) is 2.49. The van der Waals surface area contributed by atoms with Crippen molar-refractivity contribution in [3.63, 3.8) is 0 Å². The minimum Gasteiger partial charge on any atom is -0.402 e. The Morgan fingerprint density at radius 1 is 1.45 bits per heavy atom. The highest BCUT2D eigenvalue weighted by Crippen LogP contribution is 2.19. The zero-order valence-corrected chi connectivity index (χ0v) is 7.79. The molecule has 1 fully saturated rings. The first-order chi connectivity index (χ1) is 5.11. The first-order valence-electron chi connectivity index (χ1n) is 3.85. The van der Waals surface area contributed by atoms with Crippen LogP contribution in [-0.2, 0) is 0 Å². The van der Waals surface area contributed by atoms with Gasteiger partial charge >= 0.3 is 0 Å². The van der Waals surface area contributed by atoms with E-state index < -0.39 is 0 Å². The molecular formula is C8H14N2S. The minimum absolute atomic E-state index is 0.622. The summed E-state index contributed by atoms with van der Waals surface area (Å²) in [5.74, 6) is 0. The SMILES string of the molecule is CC(N)=C(C)C(=S)NC1CC1. The van der Waals surface area contributed by atoms with Crippen LogP contribution in [0.15, 0.2) is 11.3 Å². The van der Waals surface area contributed by atoms with Gasteiger partial charge in [0.15, 0.2) is 0 Å². The van der Waals surface area contributed by atoms with Crippen molar-refractivity contribution >= 4 is 17.2 Å². The fourth-order valence-corrected chi connectivity index (χ4v) is 1.03. The van der Waals surface area contributed by atoms with Crippen LogP contribution >= 0.6 is 12.2 Å². The summed E-state index contributed by atoms with van der Waals surface area (Å²) in [4.78, 5) is 0.813. The third kappa shape index (κ3) is 2.50. The van der Waals surface area contributed by atoms with Crippen molar-refractivity contribution < 1.29 is 0 Å². The zero-order valence-electron chi connectivity index (χ0n) is 6.98. The molecule has 0 heterocycles. The van der Waals surface area contributed by atoms with E-state index >= 15 is 0 Å². The Morgan fingerprint density at radius 2 is 2.00 bits per heavy atom.